The third kappa shape index (κ3) is 3.73. The molecule has 1 spiro atoms. The van der Waals surface area contributed by atoms with E-state index in [-0.39, 0.29) is 35.7 Å². The Morgan fingerprint density at radius 3 is 2.41 bits per heavy atom. The molecule has 5 aliphatic rings. The van der Waals surface area contributed by atoms with Gasteiger partial charge in [-0.3, -0.25) is 10.1 Å². The Morgan fingerprint density at radius 2 is 1.68 bits per heavy atom. The van der Waals surface area contributed by atoms with E-state index >= 15 is 0 Å². The highest BCUT2D eigenvalue weighted by molar-refractivity contribution is 5.88. The van der Waals surface area contributed by atoms with Gasteiger partial charge in [0, 0.05) is 42.2 Å². The minimum absolute atomic E-state index is 0.0513. The quantitative estimate of drug-likeness (QED) is 0.331. The first-order valence-corrected chi connectivity index (χ1v) is 15.5. The minimum Gasteiger partial charge on any atom is -0.493 e. The maximum Gasteiger partial charge on any atom is 0.411 e. The summed E-state index contributed by atoms with van der Waals surface area (Å²) in [7, 11) is 3.17. The molecule has 0 radical (unpaired) electrons. The summed E-state index contributed by atoms with van der Waals surface area (Å²) in [6, 6.07) is 20.2. The van der Waals surface area contributed by atoms with Crippen LogP contribution in [-0.2, 0) is 14.3 Å². The summed E-state index contributed by atoms with van der Waals surface area (Å²) >= 11 is 0. The summed E-state index contributed by atoms with van der Waals surface area (Å²) in [4.78, 5) is 29.3. The van der Waals surface area contributed by atoms with Gasteiger partial charge in [-0.2, -0.15) is 0 Å². The van der Waals surface area contributed by atoms with E-state index in [1.54, 1.807) is 20.3 Å². The Labute approximate surface area is 256 Å². The molecule has 3 aliphatic heterocycles. The molecule has 44 heavy (non-hydrogen) atoms. The smallest absolute Gasteiger partial charge is 0.411 e. The molecular formula is C36H36N2O6. The van der Waals surface area contributed by atoms with Crippen LogP contribution in [0.5, 0.6) is 11.5 Å². The Balaban J connectivity index is 1.11. The van der Waals surface area contributed by atoms with Crippen molar-refractivity contribution in [3.8, 4) is 22.6 Å². The molecule has 3 aromatic carbocycles. The van der Waals surface area contributed by atoms with Crippen LogP contribution in [0.4, 0.5) is 10.5 Å². The highest BCUT2D eigenvalue weighted by Gasteiger charge is 2.71. The molecule has 8 heteroatoms. The fourth-order valence-corrected chi connectivity index (χ4v) is 9.04. The van der Waals surface area contributed by atoms with Gasteiger partial charge in [-0.1, -0.05) is 60.7 Å². The van der Waals surface area contributed by atoms with E-state index in [0.29, 0.717) is 36.8 Å². The molecule has 0 unspecified atom stereocenters. The molecule has 2 amide bonds. The number of methoxy groups -OCH3 is 2. The van der Waals surface area contributed by atoms with Gasteiger partial charge in [0.2, 0.25) is 5.91 Å². The molecule has 2 aliphatic carbocycles. The maximum atomic E-state index is 13.8. The standard InChI is InChI=1S/C36H36N2O6/c1-41-31-18-27(26-19-33(39)38-16-7-13-35-14-12-29(26)36(35,38)44-17-15-35)30(20-32(31)42-2)37-34(40)43-21-28-24-10-5-3-8-22(24)23-9-4-6-11-25(23)28/h3-11,13,18,20,26,28-29H,12,14-17,19,21H2,1-2H3,(H,37,40)/t26-,29-,35-,36-/m0/s1. The number of nitrogens with zero attached hydrogens (tertiary/aromatic N) is 1. The fraction of sp³-hybridized carbons (Fsp3) is 0.389. The average Bonchev–Trinajstić information content (AvgIpc) is 3.69. The molecule has 1 N–H and O–H groups in total. The number of fused-ring (bicyclic) bond motifs is 3. The predicted molar refractivity (Wildman–Crippen MR) is 165 cm³/mol. The summed E-state index contributed by atoms with van der Waals surface area (Å²) in [6.45, 7) is 1.41. The minimum atomic E-state index is -0.657. The van der Waals surface area contributed by atoms with Crippen LogP contribution in [0.3, 0.4) is 0 Å². The normalized spacial score (nSPS) is 27.8. The van der Waals surface area contributed by atoms with Crippen molar-refractivity contribution in [2.75, 3.05) is 39.3 Å². The van der Waals surface area contributed by atoms with Crippen LogP contribution < -0.4 is 14.8 Å². The molecule has 8 nitrogen and oxygen atoms in total. The van der Waals surface area contributed by atoms with Gasteiger partial charge in [0.05, 0.1) is 26.5 Å². The van der Waals surface area contributed by atoms with Crippen LogP contribution in [0.2, 0.25) is 0 Å². The van der Waals surface area contributed by atoms with Gasteiger partial charge < -0.3 is 23.8 Å². The van der Waals surface area contributed by atoms with Gasteiger partial charge in [0.25, 0.3) is 0 Å². The number of piperidine rings is 1. The van der Waals surface area contributed by atoms with Crippen LogP contribution in [0.1, 0.15) is 54.2 Å². The Bertz CT molecular complexity index is 1660. The van der Waals surface area contributed by atoms with Gasteiger partial charge in [-0.15, -0.1) is 0 Å². The predicted octanol–water partition coefficient (Wildman–Crippen LogP) is 6.46. The number of hydrogen-bond acceptors (Lipinski definition) is 6. The second-order valence-corrected chi connectivity index (χ2v) is 12.6. The Kier molecular flexibility index (Phi) is 6.27. The lowest BCUT2D eigenvalue weighted by Crippen LogP contribution is -2.66. The summed E-state index contributed by atoms with van der Waals surface area (Å²) in [5.74, 6) is 0.969. The fourth-order valence-electron chi connectivity index (χ4n) is 9.04. The van der Waals surface area contributed by atoms with Crippen LogP contribution in [0, 0.1) is 11.3 Å². The van der Waals surface area contributed by atoms with Gasteiger partial charge in [-0.05, 0) is 53.1 Å². The van der Waals surface area contributed by atoms with Crippen LogP contribution >= 0.6 is 0 Å². The number of carbonyl (C=O) groups excluding carboxylic acids is 2. The van der Waals surface area contributed by atoms with Crippen molar-refractivity contribution in [3.05, 3.63) is 89.5 Å². The van der Waals surface area contributed by atoms with Crippen molar-refractivity contribution in [3.63, 3.8) is 0 Å². The summed E-state index contributed by atoms with van der Waals surface area (Å²) in [5, 5.41) is 3.03. The van der Waals surface area contributed by atoms with Gasteiger partial charge in [0.1, 0.15) is 6.61 Å². The second-order valence-electron chi connectivity index (χ2n) is 12.6. The van der Waals surface area contributed by atoms with E-state index in [1.807, 2.05) is 35.2 Å². The van der Waals surface area contributed by atoms with Gasteiger partial charge in [0.15, 0.2) is 17.2 Å². The first-order chi connectivity index (χ1) is 21.5. The van der Waals surface area contributed by atoms with E-state index in [4.69, 9.17) is 18.9 Å². The van der Waals surface area contributed by atoms with E-state index in [2.05, 4.69) is 41.7 Å². The number of hydrogen-bond donors (Lipinski definition) is 1. The number of anilines is 1. The SMILES string of the molecule is COc1cc(NC(=O)OCC2c3ccccc3-c3ccccc32)c([C@@H]2CC(=O)N3CC=C[C@]45CCO[C@]34[C@H]2CC5)cc1OC. The Morgan fingerprint density at radius 1 is 0.977 bits per heavy atom. The van der Waals surface area contributed by atoms with E-state index in [0.717, 1.165) is 36.0 Å². The molecule has 0 bridgehead atoms. The molecule has 3 fully saturated rings. The number of ether oxygens (including phenoxy) is 4. The highest BCUT2D eigenvalue weighted by Crippen LogP contribution is 2.67. The maximum absolute atomic E-state index is 13.8. The highest BCUT2D eigenvalue weighted by atomic mass is 16.5. The third-order valence-corrected chi connectivity index (χ3v) is 10.8. The molecule has 1 saturated carbocycles. The molecule has 226 valence electrons. The van der Waals surface area contributed by atoms with E-state index in [1.165, 1.54) is 11.1 Å². The topological polar surface area (TPSA) is 86.3 Å². The van der Waals surface area contributed by atoms with E-state index in [9.17, 15) is 9.59 Å². The summed E-state index contributed by atoms with van der Waals surface area (Å²) in [6.07, 6.45) is 7.02. The Hall–Kier alpha value is -4.30. The van der Waals surface area contributed by atoms with Gasteiger partial charge in [-0.25, -0.2) is 4.79 Å². The molecule has 3 heterocycles. The summed E-state index contributed by atoms with van der Waals surface area (Å²) < 4.78 is 23.9. The zero-order valence-corrected chi connectivity index (χ0v) is 25.0. The molecule has 8 rings (SSSR count). The lowest BCUT2D eigenvalue weighted by molar-refractivity contribution is -0.207. The molecule has 2 saturated heterocycles. The summed E-state index contributed by atoms with van der Waals surface area (Å²) in [5.41, 5.74) is 5.23. The van der Waals surface area contributed by atoms with Crippen molar-refractivity contribution >= 4 is 17.7 Å². The lowest BCUT2D eigenvalue weighted by Gasteiger charge is -2.55. The number of nitrogens with one attached hydrogen (secondary N) is 1. The van der Waals surface area contributed by atoms with Crippen molar-refractivity contribution in [1.29, 1.82) is 0 Å². The monoisotopic (exact) mass is 592 g/mol. The molecule has 3 aromatic rings. The largest absolute Gasteiger partial charge is 0.493 e. The van der Waals surface area contributed by atoms with Crippen molar-refractivity contribution in [2.45, 2.75) is 43.2 Å². The zero-order chi connectivity index (χ0) is 30.1. The number of amides is 2. The zero-order valence-electron chi connectivity index (χ0n) is 25.0. The average molecular weight is 593 g/mol. The lowest BCUT2D eigenvalue weighted by atomic mass is 9.66. The first-order valence-electron chi connectivity index (χ1n) is 15.5. The van der Waals surface area contributed by atoms with E-state index < -0.39 is 11.8 Å². The molecule has 0 aromatic heterocycles. The number of benzene rings is 3. The number of carbonyl (C=O) groups is 2. The number of rotatable bonds is 6. The third-order valence-electron chi connectivity index (χ3n) is 10.8. The second kappa shape index (κ2) is 10.1. The van der Waals surface area contributed by atoms with Crippen LogP contribution in [-0.4, -0.2) is 56.6 Å². The molecular weight excluding hydrogens is 556 g/mol. The first kappa shape index (κ1) is 27.3. The van der Waals surface area contributed by atoms with Crippen LogP contribution in [0.15, 0.2) is 72.8 Å². The molecule has 4 atom stereocenters. The van der Waals surface area contributed by atoms with Crippen molar-refractivity contribution in [2.24, 2.45) is 11.3 Å². The van der Waals surface area contributed by atoms with Crippen molar-refractivity contribution in [1.82, 2.24) is 4.90 Å². The van der Waals surface area contributed by atoms with Gasteiger partial charge >= 0.3 is 6.09 Å². The van der Waals surface area contributed by atoms with Crippen LogP contribution in [0.25, 0.3) is 11.1 Å². The van der Waals surface area contributed by atoms with Crippen molar-refractivity contribution < 1.29 is 28.5 Å².